The molecule has 1 aliphatic rings. The van der Waals surface area contributed by atoms with Crippen molar-refractivity contribution < 1.29 is 4.79 Å². The highest BCUT2D eigenvalue weighted by molar-refractivity contribution is 7.08. The largest absolute Gasteiger partial charge is 0.335 e. The summed E-state index contributed by atoms with van der Waals surface area (Å²) in [4.78, 5) is 20.2. The molecule has 24 heavy (non-hydrogen) atoms. The average Bonchev–Trinajstić information content (AvgIpc) is 3.09. The highest BCUT2D eigenvalue weighted by atomic mass is 32.1. The first-order valence-corrected chi connectivity index (χ1v) is 9.59. The molecule has 0 N–H and O–H groups in total. The van der Waals surface area contributed by atoms with Gasteiger partial charge in [0.05, 0.1) is 5.69 Å². The second-order valence-corrected chi connectivity index (χ2v) is 7.06. The second-order valence-electron chi connectivity index (χ2n) is 6.31. The number of carbonyl (C=O) groups excluding carboxylic acids is 1. The van der Waals surface area contributed by atoms with Crippen LogP contribution in [0.5, 0.6) is 0 Å². The Morgan fingerprint density at radius 2 is 2.25 bits per heavy atom. The van der Waals surface area contributed by atoms with Crippen LogP contribution in [0.25, 0.3) is 0 Å². The summed E-state index contributed by atoms with van der Waals surface area (Å²) in [6, 6.07) is 6.31. The summed E-state index contributed by atoms with van der Waals surface area (Å²) < 4.78 is 4.01. The Morgan fingerprint density at radius 1 is 1.33 bits per heavy atom. The third-order valence-electron chi connectivity index (χ3n) is 4.58. The number of nitrogens with zero attached hydrogens (tertiary/aromatic N) is 4. The molecule has 6 heteroatoms. The molecule has 1 atom stereocenters. The predicted molar refractivity (Wildman–Crippen MR) is 95.1 cm³/mol. The number of piperidine rings is 1. The minimum atomic E-state index is 0.124. The Kier molecular flexibility index (Phi) is 5.91. The molecule has 1 aliphatic heterocycles. The van der Waals surface area contributed by atoms with Crippen LogP contribution in [0.3, 0.4) is 0 Å². The van der Waals surface area contributed by atoms with Gasteiger partial charge < -0.3 is 4.90 Å². The molecule has 2 aromatic heterocycles. The summed E-state index contributed by atoms with van der Waals surface area (Å²) in [5, 5.41) is 4.15. The third kappa shape index (κ3) is 3.98. The Hall–Kier alpha value is -1.82. The normalized spacial score (nSPS) is 17.9. The van der Waals surface area contributed by atoms with E-state index in [0.29, 0.717) is 6.04 Å². The van der Waals surface area contributed by atoms with Gasteiger partial charge in [0.15, 0.2) is 0 Å². The van der Waals surface area contributed by atoms with Crippen LogP contribution in [-0.2, 0) is 12.8 Å². The molecule has 3 heterocycles. The van der Waals surface area contributed by atoms with E-state index in [1.165, 1.54) is 18.0 Å². The lowest BCUT2D eigenvalue weighted by molar-refractivity contribution is 0.0605. The Morgan fingerprint density at radius 3 is 3.04 bits per heavy atom. The van der Waals surface area contributed by atoms with Gasteiger partial charge in [-0.05, 0) is 62.2 Å². The molecule has 0 bridgehead atoms. The molecule has 0 aromatic carbocycles. The van der Waals surface area contributed by atoms with E-state index in [9.17, 15) is 4.79 Å². The number of aromatic nitrogens is 3. The molecule has 3 rings (SSSR count). The number of aryl methyl sites for hydroxylation is 2. The monoisotopic (exact) mass is 344 g/mol. The van der Waals surface area contributed by atoms with Crippen molar-refractivity contribution in [2.45, 2.75) is 57.9 Å². The third-order valence-corrected chi connectivity index (χ3v) is 5.34. The van der Waals surface area contributed by atoms with Crippen molar-refractivity contribution >= 4 is 17.4 Å². The molecule has 1 amide bonds. The summed E-state index contributed by atoms with van der Waals surface area (Å²) in [6.07, 6.45) is 8.88. The van der Waals surface area contributed by atoms with Crippen LogP contribution in [-0.4, -0.2) is 38.0 Å². The van der Waals surface area contributed by atoms with Crippen LogP contribution in [0.4, 0.5) is 0 Å². The first-order valence-electron chi connectivity index (χ1n) is 8.81. The second kappa shape index (κ2) is 8.33. The summed E-state index contributed by atoms with van der Waals surface area (Å²) in [7, 11) is 0. The zero-order chi connectivity index (χ0) is 16.8. The van der Waals surface area contributed by atoms with Crippen LogP contribution >= 0.6 is 11.5 Å². The smallest absolute Gasteiger partial charge is 0.267 e. The van der Waals surface area contributed by atoms with Crippen molar-refractivity contribution in [2.24, 2.45) is 0 Å². The highest BCUT2D eigenvalue weighted by Crippen LogP contribution is 2.25. The van der Waals surface area contributed by atoms with Gasteiger partial charge in [0.25, 0.3) is 5.91 Å². The maximum absolute atomic E-state index is 13.0. The van der Waals surface area contributed by atoms with Crippen molar-refractivity contribution in [3.05, 3.63) is 40.7 Å². The molecule has 2 aromatic rings. The Labute approximate surface area is 147 Å². The fraction of sp³-hybridized carbons (Fsp3) is 0.556. The van der Waals surface area contributed by atoms with Gasteiger partial charge in [0.2, 0.25) is 0 Å². The summed E-state index contributed by atoms with van der Waals surface area (Å²) in [5.74, 6) is 0.124. The van der Waals surface area contributed by atoms with E-state index in [1.54, 1.807) is 0 Å². The van der Waals surface area contributed by atoms with Crippen LogP contribution in [0.2, 0.25) is 0 Å². The lowest BCUT2D eigenvalue weighted by atomic mass is 9.96. The number of pyridine rings is 1. The molecular weight excluding hydrogens is 320 g/mol. The van der Waals surface area contributed by atoms with Crippen molar-refractivity contribution in [3.63, 3.8) is 0 Å². The van der Waals surface area contributed by atoms with Gasteiger partial charge in [-0.2, -0.15) is 0 Å². The van der Waals surface area contributed by atoms with Gasteiger partial charge in [-0.1, -0.05) is 23.9 Å². The van der Waals surface area contributed by atoms with E-state index in [4.69, 9.17) is 0 Å². The van der Waals surface area contributed by atoms with E-state index in [1.807, 2.05) is 18.3 Å². The minimum Gasteiger partial charge on any atom is -0.335 e. The highest BCUT2D eigenvalue weighted by Gasteiger charge is 2.30. The first-order chi connectivity index (χ1) is 11.8. The molecule has 128 valence electrons. The van der Waals surface area contributed by atoms with E-state index in [-0.39, 0.29) is 5.91 Å². The van der Waals surface area contributed by atoms with Gasteiger partial charge in [-0.15, -0.1) is 5.10 Å². The molecule has 1 fully saturated rings. The molecule has 0 radical (unpaired) electrons. The SMILES string of the molecule is CCCc1nnsc1C(=O)N1CCCCC1CCc1ccccn1. The number of rotatable bonds is 6. The van der Waals surface area contributed by atoms with E-state index in [0.717, 1.165) is 61.3 Å². The summed E-state index contributed by atoms with van der Waals surface area (Å²) >= 11 is 1.24. The number of carbonyl (C=O) groups is 1. The van der Waals surface area contributed by atoms with Crippen molar-refractivity contribution in [1.82, 2.24) is 19.5 Å². The van der Waals surface area contributed by atoms with Gasteiger partial charge >= 0.3 is 0 Å². The number of hydrogen-bond donors (Lipinski definition) is 0. The molecule has 5 nitrogen and oxygen atoms in total. The lowest BCUT2D eigenvalue weighted by Crippen LogP contribution is -2.44. The topological polar surface area (TPSA) is 59.0 Å². The van der Waals surface area contributed by atoms with Crippen molar-refractivity contribution in [1.29, 1.82) is 0 Å². The van der Waals surface area contributed by atoms with E-state index < -0.39 is 0 Å². The predicted octanol–water partition coefficient (Wildman–Crippen LogP) is 3.51. The zero-order valence-electron chi connectivity index (χ0n) is 14.1. The molecule has 0 spiro atoms. The number of likely N-dealkylation sites (tertiary alicyclic amines) is 1. The molecule has 1 unspecified atom stereocenters. The first kappa shape index (κ1) is 17.0. The van der Waals surface area contributed by atoms with Crippen LogP contribution in [0.1, 0.15) is 60.1 Å². The van der Waals surface area contributed by atoms with Crippen molar-refractivity contribution in [2.75, 3.05) is 6.54 Å². The van der Waals surface area contributed by atoms with Crippen LogP contribution < -0.4 is 0 Å². The zero-order valence-corrected chi connectivity index (χ0v) is 15.0. The van der Waals surface area contributed by atoms with Crippen LogP contribution in [0, 0.1) is 0 Å². The Bertz CT molecular complexity index is 658. The van der Waals surface area contributed by atoms with Gasteiger partial charge in [-0.25, -0.2) is 0 Å². The van der Waals surface area contributed by atoms with Gasteiger partial charge in [0, 0.05) is 24.5 Å². The maximum atomic E-state index is 13.0. The van der Waals surface area contributed by atoms with E-state index >= 15 is 0 Å². The van der Waals surface area contributed by atoms with E-state index in [2.05, 4.69) is 32.5 Å². The molecular formula is C18H24N4OS. The Balaban J connectivity index is 1.69. The summed E-state index contributed by atoms with van der Waals surface area (Å²) in [6.45, 7) is 2.94. The number of amides is 1. The molecule has 1 saturated heterocycles. The van der Waals surface area contributed by atoms with Crippen molar-refractivity contribution in [3.8, 4) is 0 Å². The quantitative estimate of drug-likeness (QED) is 0.804. The van der Waals surface area contributed by atoms with Gasteiger partial charge in [-0.3, -0.25) is 9.78 Å². The lowest BCUT2D eigenvalue weighted by Gasteiger charge is -2.35. The summed E-state index contributed by atoms with van der Waals surface area (Å²) in [5.41, 5.74) is 1.96. The van der Waals surface area contributed by atoms with Crippen LogP contribution in [0.15, 0.2) is 24.4 Å². The molecule has 0 saturated carbocycles. The average molecular weight is 344 g/mol. The minimum absolute atomic E-state index is 0.124. The van der Waals surface area contributed by atoms with Gasteiger partial charge in [0.1, 0.15) is 4.88 Å². The standard InChI is InChI=1S/C18H24N4OS/c1-2-7-16-17(24-21-20-16)18(23)22-13-6-4-9-15(22)11-10-14-8-3-5-12-19-14/h3,5,8,12,15H,2,4,6-7,9-11,13H2,1H3. The maximum Gasteiger partial charge on any atom is 0.267 e. The fourth-order valence-electron chi connectivity index (χ4n) is 3.33. The fourth-order valence-corrected chi connectivity index (χ4v) is 4.00. The number of hydrogen-bond acceptors (Lipinski definition) is 5. The molecule has 0 aliphatic carbocycles.